The number of anilines is 2. The van der Waals surface area contributed by atoms with Crippen molar-refractivity contribution in [1.82, 2.24) is 24.2 Å². The van der Waals surface area contributed by atoms with Crippen LogP contribution in [-0.2, 0) is 28.1 Å². The fraction of sp³-hybridized carbons (Fsp3) is 0.513. The lowest BCUT2D eigenvalue weighted by Gasteiger charge is -2.30. The summed E-state index contributed by atoms with van der Waals surface area (Å²) in [6, 6.07) is 14.1. The lowest BCUT2D eigenvalue weighted by molar-refractivity contribution is -0.145. The minimum atomic E-state index is -4.40. The van der Waals surface area contributed by atoms with E-state index in [0.29, 0.717) is 11.8 Å². The van der Waals surface area contributed by atoms with E-state index in [1.54, 1.807) is 24.3 Å². The first kappa shape index (κ1) is 47.3. The molecule has 21 nitrogen and oxygen atoms in total. The van der Waals surface area contributed by atoms with Gasteiger partial charge in [0.1, 0.15) is 59.0 Å². The average Bonchev–Trinajstić information content (AvgIpc) is 3.57. The van der Waals surface area contributed by atoms with Gasteiger partial charge < -0.3 is 55.7 Å². The Morgan fingerprint density at radius 3 is 1.93 bits per heavy atom. The van der Waals surface area contributed by atoms with Crippen LogP contribution in [0.4, 0.5) is 11.6 Å². The Morgan fingerprint density at radius 2 is 1.41 bits per heavy atom. The van der Waals surface area contributed by atoms with Crippen LogP contribution >= 0.6 is 7.75 Å². The first-order chi connectivity index (χ1) is 28.6. The van der Waals surface area contributed by atoms with Crippen molar-refractivity contribution in [1.29, 1.82) is 0 Å². The van der Waals surface area contributed by atoms with Crippen LogP contribution in [0.15, 0.2) is 76.6 Å². The normalized spacial score (nSPS) is 28.6. The largest absolute Gasteiger partial charge is 0.465 e. The Labute approximate surface area is 350 Å². The van der Waals surface area contributed by atoms with Crippen LogP contribution < -0.4 is 32.5 Å². The molecular weight excluding hydrogens is 821 g/mol. The number of aliphatic hydroxyl groups excluding tert-OH is 3. The number of nitrogen functional groups attached to an aromatic ring is 2. The molecular formula is C39H54N7O14P. The van der Waals surface area contributed by atoms with Gasteiger partial charge in [0.15, 0.2) is 12.5 Å². The molecule has 6 rings (SSSR count). The maximum Gasteiger partial charge on any atom is 0.459 e. The van der Waals surface area contributed by atoms with Gasteiger partial charge in [-0.25, -0.2) is 14.2 Å². The number of nitrogens with zero attached hydrogens (tertiary/aromatic N) is 4. The molecule has 0 radical (unpaired) electrons. The van der Waals surface area contributed by atoms with Gasteiger partial charge in [-0.3, -0.25) is 18.5 Å². The van der Waals surface area contributed by atoms with Crippen LogP contribution in [0, 0.1) is 0 Å². The Balaban J connectivity index is 0.000000308. The highest BCUT2D eigenvalue weighted by Crippen LogP contribution is 2.50. The number of nitrogens with one attached hydrogen (secondary N) is 1. The SMILES string of the molecule is CCCCOC(=O)[C@H](C)NP(=O)(Oc1cccc2ccccc12)O[C@@H](C)[C@H]1O[C@@H](n2ccc(N)nc2=O)[C@](C)(O)[C@@H]1O.C[C@H](O)[C@H]1O[C@@H](n2ccc(N)nc2=O)[C@](C)(O)[C@@H]1O. The third-order valence-electron chi connectivity index (χ3n) is 10.3. The number of fused-ring (bicyclic) bond motifs is 1. The van der Waals surface area contributed by atoms with Gasteiger partial charge in [-0.2, -0.15) is 15.1 Å². The highest BCUT2D eigenvalue weighted by molar-refractivity contribution is 7.52. The van der Waals surface area contributed by atoms with E-state index >= 15 is 0 Å². The number of benzene rings is 2. The number of nitrogens with two attached hydrogens (primary N) is 2. The van der Waals surface area contributed by atoms with Crippen LogP contribution in [0.25, 0.3) is 10.8 Å². The topological polar surface area (TPSA) is 315 Å². The Morgan fingerprint density at radius 1 is 0.885 bits per heavy atom. The maximum atomic E-state index is 14.3. The summed E-state index contributed by atoms with van der Waals surface area (Å²) >= 11 is 0. The first-order valence-electron chi connectivity index (χ1n) is 19.5. The molecule has 0 saturated carbocycles. The molecule has 2 saturated heterocycles. The van der Waals surface area contributed by atoms with E-state index in [4.69, 9.17) is 34.7 Å². The molecule has 1 unspecified atom stereocenters. The second-order valence-electron chi connectivity index (χ2n) is 15.3. The van der Waals surface area contributed by atoms with Crippen molar-refractivity contribution in [2.75, 3.05) is 18.1 Å². The average molecular weight is 876 g/mol. The summed E-state index contributed by atoms with van der Waals surface area (Å²) in [6.45, 7) is 9.12. The summed E-state index contributed by atoms with van der Waals surface area (Å²) in [5.74, 6) is -0.411. The van der Waals surface area contributed by atoms with E-state index in [2.05, 4.69) is 15.1 Å². The van der Waals surface area contributed by atoms with E-state index in [0.717, 1.165) is 20.9 Å². The summed E-state index contributed by atoms with van der Waals surface area (Å²) in [4.78, 5) is 44.0. The summed E-state index contributed by atoms with van der Waals surface area (Å²) in [5.41, 5.74) is 5.74. The zero-order valence-electron chi connectivity index (χ0n) is 34.5. The molecule has 2 aromatic carbocycles. The molecule has 4 aromatic rings. The molecule has 0 aliphatic carbocycles. The van der Waals surface area contributed by atoms with Gasteiger partial charge in [0.2, 0.25) is 0 Å². The predicted octanol–water partition coefficient (Wildman–Crippen LogP) is 1.12. The van der Waals surface area contributed by atoms with Gasteiger partial charge in [-0.1, -0.05) is 49.7 Å². The molecule has 2 aromatic heterocycles. The number of esters is 1. The smallest absolute Gasteiger partial charge is 0.459 e. The molecule has 334 valence electrons. The summed E-state index contributed by atoms with van der Waals surface area (Å²) in [6.07, 6.45) is -5.82. The highest BCUT2D eigenvalue weighted by Gasteiger charge is 2.57. The van der Waals surface area contributed by atoms with E-state index in [9.17, 15) is 44.5 Å². The zero-order valence-corrected chi connectivity index (χ0v) is 35.4. The predicted molar refractivity (Wildman–Crippen MR) is 220 cm³/mol. The fourth-order valence-electron chi connectivity index (χ4n) is 6.82. The van der Waals surface area contributed by atoms with Crippen molar-refractivity contribution in [3.05, 3.63) is 88.0 Å². The molecule has 4 heterocycles. The van der Waals surface area contributed by atoms with Crippen LogP contribution in [0.1, 0.15) is 66.8 Å². The standard InChI is InChI=1S/C28H37N4O9P.C11H17N3O5/c1-5-6-16-38-25(34)17(2)31-42(37,41-21-13-9-11-19-10-7-8-12-20(19)21)40-18(3)23-24(33)28(4,36)26(39-23)32-15-14-22(29)30-27(32)35;1-5(15)7-8(16)11(2,18)9(19-7)14-4-3-6(12)13-10(14)17/h7-15,17-18,23-24,26,33,36H,5-6,16H2,1-4H3,(H,31,37)(H2,29,30,35);3-5,7-9,15-16,18H,1-2H3,(H2,12,13,17)/t17-,18-,23+,24+,26+,28+,42?;5-,7+,8+,9+,11+/m00/s1. The third kappa shape index (κ3) is 10.5. The molecule has 2 aliphatic heterocycles. The van der Waals surface area contributed by atoms with Gasteiger partial charge in [0, 0.05) is 17.8 Å². The van der Waals surface area contributed by atoms with Crippen molar-refractivity contribution in [3.8, 4) is 5.75 Å². The molecule has 0 bridgehead atoms. The Kier molecular flexibility index (Phi) is 14.8. The summed E-state index contributed by atoms with van der Waals surface area (Å²) in [7, 11) is -4.40. The Bertz CT molecular complexity index is 2320. The second kappa shape index (κ2) is 19.1. The van der Waals surface area contributed by atoms with E-state index in [1.165, 1.54) is 59.1 Å². The number of ether oxygens (including phenoxy) is 3. The minimum absolute atomic E-state index is 0.0253. The first-order valence-corrected chi connectivity index (χ1v) is 21.0. The molecule has 12 atom stereocenters. The zero-order chi connectivity index (χ0) is 45.0. The maximum absolute atomic E-state index is 14.3. The summed E-state index contributed by atoms with van der Waals surface area (Å²) in [5, 5.41) is 56.0. The van der Waals surface area contributed by atoms with E-state index < -0.39 is 91.4 Å². The van der Waals surface area contributed by atoms with Crippen molar-refractivity contribution >= 4 is 36.1 Å². The monoisotopic (exact) mass is 875 g/mol. The number of unbranched alkanes of at least 4 members (excludes halogenated alkanes) is 1. The van der Waals surface area contributed by atoms with E-state index in [1.807, 2.05) is 25.1 Å². The van der Waals surface area contributed by atoms with Crippen LogP contribution in [0.3, 0.4) is 0 Å². The lowest BCUT2D eigenvalue weighted by atomic mass is 9.94. The van der Waals surface area contributed by atoms with Crippen molar-refractivity contribution in [3.63, 3.8) is 0 Å². The fourth-order valence-corrected chi connectivity index (χ4v) is 8.53. The number of hydrogen-bond donors (Lipinski definition) is 8. The van der Waals surface area contributed by atoms with E-state index in [-0.39, 0.29) is 24.0 Å². The van der Waals surface area contributed by atoms with Crippen LogP contribution in [0.5, 0.6) is 5.75 Å². The Hall–Kier alpha value is -4.80. The molecule has 22 heteroatoms. The molecule has 2 fully saturated rings. The minimum Gasteiger partial charge on any atom is -0.465 e. The highest BCUT2D eigenvalue weighted by atomic mass is 31.2. The molecule has 0 spiro atoms. The van der Waals surface area contributed by atoms with Crippen LogP contribution in [-0.4, -0.2) is 111 Å². The molecule has 0 amide bonds. The third-order valence-corrected chi connectivity index (χ3v) is 12.0. The molecule has 61 heavy (non-hydrogen) atoms. The number of carbonyl (C=O) groups excluding carboxylic acids is 1. The molecule has 2 aliphatic rings. The van der Waals surface area contributed by atoms with Crippen molar-refractivity contribution in [2.45, 2.75) is 121 Å². The lowest BCUT2D eigenvalue weighted by Crippen LogP contribution is -2.47. The quantitative estimate of drug-likeness (QED) is 0.0500. The van der Waals surface area contributed by atoms with Crippen molar-refractivity contribution < 1.29 is 58.2 Å². The van der Waals surface area contributed by atoms with Gasteiger partial charge in [-0.05, 0) is 64.6 Å². The second-order valence-corrected chi connectivity index (χ2v) is 17.0. The van der Waals surface area contributed by atoms with Crippen molar-refractivity contribution in [2.24, 2.45) is 0 Å². The number of aliphatic hydroxyl groups is 5. The number of aromatic nitrogens is 4. The van der Waals surface area contributed by atoms with Gasteiger partial charge in [0.25, 0.3) is 0 Å². The number of rotatable bonds is 14. The van der Waals surface area contributed by atoms with Gasteiger partial charge in [-0.15, -0.1) is 0 Å². The summed E-state index contributed by atoms with van der Waals surface area (Å²) < 4.78 is 44.8. The number of hydrogen-bond acceptors (Lipinski definition) is 18. The van der Waals surface area contributed by atoms with Gasteiger partial charge >= 0.3 is 25.1 Å². The number of carbonyl (C=O) groups is 1. The van der Waals surface area contributed by atoms with Gasteiger partial charge in [0.05, 0.1) is 18.8 Å². The van der Waals surface area contributed by atoms with Crippen LogP contribution in [0.2, 0.25) is 0 Å². The molecule has 10 N–H and O–H groups in total.